The maximum atomic E-state index is 13.3. The van der Waals surface area contributed by atoms with Gasteiger partial charge in [-0.15, -0.1) is 0 Å². The number of carboxylic acids is 1. The Morgan fingerprint density at radius 1 is 1.25 bits per heavy atom. The molecule has 6 rings (SSSR count). The van der Waals surface area contributed by atoms with Crippen molar-refractivity contribution in [2.75, 3.05) is 0 Å². The van der Waals surface area contributed by atoms with Crippen LogP contribution < -0.4 is 0 Å². The molecule has 9 atom stereocenters. The van der Waals surface area contributed by atoms with E-state index in [0.717, 1.165) is 30.4 Å². The van der Waals surface area contributed by atoms with Gasteiger partial charge in [0.2, 0.25) is 0 Å². The van der Waals surface area contributed by atoms with Gasteiger partial charge in [0, 0.05) is 18.3 Å². The van der Waals surface area contributed by atoms with E-state index >= 15 is 0 Å². The van der Waals surface area contributed by atoms with E-state index in [4.69, 9.17) is 9.47 Å². The van der Waals surface area contributed by atoms with Gasteiger partial charge in [-0.1, -0.05) is 42.5 Å². The van der Waals surface area contributed by atoms with Crippen LogP contribution in [0.3, 0.4) is 0 Å². The first-order valence-electron chi connectivity index (χ1n) is 11.7. The lowest BCUT2D eigenvalue weighted by Crippen LogP contribution is -2.59. The third-order valence-electron chi connectivity index (χ3n) is 9.76. The maximum Gasteiger partial charge on any atom is 0.315 e. The highest BCUT2D eigenvalue weighted by atomic mass is 16.6. The van der Waals surface area contributed by atoms with E-state index in [9.17, 15) is 19.8 Å². The zero-order valence-electron chi connectivity index (χ0n) is 18.3. The van der Waals surface area contributed by atoms with E-state index < -0.39 is 52.4 Å². The first kappa shape index (κ1) is 20.4. The second-order valence-corrected chi connectivity index (χ2v) is 11.0. The average molecular weight is 439 g/mol. The van der Waals surface area contributed by atoms with Gasteiger partial charge in [0.15, 0.2) is 0 Å². The number of rotatable bonds is 4. The molecular weight excluding hydrogens is 408 g/mol. The lowest BCUT2D eigenvalue weighted by Gasteiger charge is -2.47. The molecule has 1 aromatic rings. The van der Waals surface area contributed by atoms with Crippen LogP contribution in [0.2, 0.25) is 0 Å². The Morgan fingerprint density at radius 2 is 2.00 bits per heavy atom. The molecule has 1 aliphatic heterocycles. The number of hydrogen-bond acceptors (Lipinski definition) is 5. The van der Waals surface area contributed by atoms with Crippen molar-refractivity contribution in [1.29, 1.82) is 0 Å². The summed E-state index contributed by atoms with van der Waals surface area (Å²) in [6, 6.07) is 9.74. The van der Waals surface area contributed by atoms with Crippen LogP contribution in [-0.4, -0.2) is 40.0 Å². The molecule has 1 spiro atoms. The smallest absolute Gasteiger partial charge is 0.315 e. The van der Waals surface area contributed by atoms with Crippen LogP contribution in [0.1, 0.15) is 44.6 Å². The molecule has 170 valence electrons. The van der Waals surface area contributed by atoms with Crippen molar-refractivity contribution in [3.8, 4) is 0 Å². The van der Waals surface area contributed by atoms with Crippen molar-refractivity contribution in [1.82, 2.24) is 0 Å². The van der Waals surface area contributed by atoms with Crippen LogP contribution in [0.25, 0.3) is 0 Å². The molecule has 6 heteroatoms. The van der Waals surface area contributed by atoms with Gasteiger partial charge in [-0.2, -0.15) is 0 Å². The summed E-state index contributed by atoms with van der Waals surface area (Å²) in [5, 5.41) is 21.9. The van der Waals surface area contributed by atoms with Crippen molar-refractivity contribution < 1.29 is 29.3 Å². The molecule has 0 aromatic heterocycles. The Balaban J connectivity index is 1.43. The largest absolute Gasteiger partial charge is 0.481 e. The minimum Gasteiger partial charge on any atom is -0.481 e. The maximum absolute atomic E-state index is 13.3. The zero-order valence-corrected chi connectivity index (χ0v) is 18.3. The quantitative estimate of drug-likeness (QED) is 0.553. The van der Waals surface area contributed by atoms with Crippen molar-refractivity contribution in [2.24, 2.45) is 34.5 Å². The van der Waals surface area contributed by atoms with Gasteiger partial charge >= 0.3 is 11.9 Å². The average Bonchev–Trinajstić information content (AvgIpc) is 3.23. The Labute approximate surface area is 187 Å². The predicted octanol–water partition coefficient (Wildman–Crippen LogP) is 3.33. The Hall–Kier alpha value is -2.18. The highest BCUT2D eigenvalue weighted by Gasteiger charge is 2.84. The standard InChI is InChI=1S/C26H30O6/c1-14-10-25-11-16(14)8-9-18(25)26-12-17(31-13-15-6-4-3-5-7-15)21(27)24(2,23(30)32-26)20(26)19(25)22(28)29/h3-7,16-21,27H,1,8-13H2,2H3,(H,28,29)/t16-,17-,18-,19-,20-,21+,24+,25+,26-/m1/s1. The zero-order chi connectivity index (χ0) is 22.5. The second kappa shape index (κ2) is 6.45. The van der Waals surface area contributed by atoms with Gasteiger partial charge < -0.3 is 19.7 Å². The van der Waals surface area contributed by atoms with Crippen molar-refractivity contribution in [2.45, 2.75) is 63.4 Å². The molecule has 5 fully saturated rings. The summed E-state index contributed by atoms with van der Waals surface area (Å²) in [6.07, 6.45) is 1.91. The van der Waals surface area contributed by atoms with Crippen LogP contribution in [0.15, 0.2) is 42.5 Å². The first-order chi connectivity index (χ1) is 15.2. The number of benzene rings is 1. The van der Waals surface area contributed by atoms with Crippen LogP contribution in [0.5, 0.6) is 0 Å². The van der Waals surface area contributed by atoms with Gasteiger partial charge in [-0.05, 0) is 49.5 Å². The summed E-state index contributed by atoms with van der Waals surface area (Å²) in [4.78, 5) is 26.0. The Bertz CT molecular complexity index is 1000. The third kappa shape index (κ3) is 2.27. The fourth-order valence-electron chi connectivity index (χ4n) is 8.63. The fraction of sp³-hybridized carbons (Fsp3) is 0.615. The number of esters is 1. The van der Waals surface area contributed by atoms with Crippen LogP contribution in [0, 0.1) is 34.5 Å². The highest BCUT2D eigenvalue weighted by molar-refractivity contribution is 5.85. The molecular formula is C26H30O6. The van der Waals surface area contributed by atoms with Gasteiger partial charge in [-0.3, -0.25) is 9.59 Å². The number of aliphatic hydroxyl groups excluding tert-OH is 1. The summed E-state index contributed by atoms with van der Waals surface area (Å²) in [6.45, 7) is 6.30. The number of aliphatic carboxylic acids is 1. The number of fused-ring (bicyclic) bond motifs is 1. The van der Waals surface area contributed by atoms with Crippen molar-refractivity contribution in [3.63, 3.8) is 0 Å². The molecule has 1 aromatic carbocycles. The van der Waals surface area contributed by atoms with Crippen LogP contribution in [0.4, 0.5) is 0 Å². The first-order valence-corrected chi connectivity index (χ1v) is 11.7. The molecule has 4 bridgehead atoms. The summed E-state index contributed by atoms with van der Waals surface area (Å²) in [5.74, 6) is -2.32. The highest BCUT2D eigenvalue weighted by Crippen LogP contribution is 2.78. The molecule has 4 aliphatic carbocycles. The van der Waals surface area contributed by atoms with Crippen LogP contribution in [-0.2, 0) is 25.7 Å². The summed E-state index contributed by atoms with van der Waals surface area (Å²) in [5.41, 5.74) is -0.521. The van der Waals surface area contributed by atoms with E-state index in [1.54, 1.807) is 6.92 Å². The Morgan fingerprint density at radius 3 is 2.72 bits per heavy atom. The number of carbonyl (C=O) groups excluding carboxylic acids is 1. The monoisotopic (exact) mass is 438 g/mol. The number of allylic oxidation sites excluding steroid dienone is 1. The minimum absolute atomic E-state index is 0.0438. The molecule has 1 heterocycles. The number of carbonyl (C=O) groups is 2. The van der Waals surface area contributed by atoms with Crippen molar-refractivity contribution in [3.05, 3.63) is 48.0 Å². The van der Waals surface area contributed by atoms with Crippen LogP contribution >= 0.6 is 0 Å². The topological polar surface area (TPSA) is 93.1 Å². The molecule has 0 amide bonds. The summed E-state index contributed by atoms with van der Waals surface area (Å²) in [7, 11) is 0. The predicted molar refractivity (Wildman–Crippen MR) is 114 cm³/mol. The number of aliphatic hydroxyl groups is 1. The van der Waals surface area contributed by atoms with Gasteiger partial charge in [0.1, 0.15) is 11.0 Å². The second-order valence-electron chi connectivity index (χ2n) is 11.0. The third-order valence-corrected chi connectivity index (χ3v) is 9.76. The number of ether oxygens (including phenoxy) is 2. The molecule has 0 unspecified atom stereocenters. The summed E-state index contributed by atoms with van der Waals surface area (Å²) >= 11 is 0. The minimum atomic E-state index is -1.30. The summed E-state index contributed by atoms with van der Waals surface area (Å²) < 4.78 is 12.4. The fourth-order valence-corrected chi connectivity index (χ4v) is 8.63. The number of carboxylic acid groups (broad SMARTS) is 1. The lowest BCUT2D eigenvalue weighted by molar-refractivity contribution is -0.172. The van der Waals surface area contributed by atoms with E-state index in [-0.39, 0.29) is 5.92 Å². The molecule has 32 heavy (non-hydrogen) atoms. The van der Waals surface area contributed by atoms with E-state index in [1.807, 2.05) is 30.3 Å². The normalized spacial score (nSPS) is 48.3. The lowest BCUT2D eigenvalue weighted by atomic mass is 9.58. The molecule has 6 nitrogen and oxygen atoms in total. The molecule has 1 saturated heterocycles. The van der Waals surface area contributed by atoms with E-state index in [1.165, 1.54) is 0 Å². The van der Waals surface area contributed by atoms with E-state index in [2.05, 4.69) is 6.58 Å². The SMILES string of the molecule is C=C1C[C@]23C[C@H]1CC[C@H]2[C@@]12C[C@@H](OCc4ccccc4)[C@H](O)[C@@](C)(C(=O)O1)[C@H]2[C@@H]3C(=O)O. The molecule has 2 N–H and O–H groups in total. The Kier molecular flexibility index (Phi) is 4.12. The molecule has 4 saturated carbocycles. The number of hydrogen-bond donors (Lipinski definition) is 2. The molecule has 5 aliphatic rings. The van der Waals surface area contributed by atoms with Gasteiger partial charge in [0.05, 0.1) is 24.7 Å². The van der Waals surface area contributed by atoms with Gasteiger partial charge in [-0.25, -0.2) is 0 Å². The van der Waals surface area contributed by atoms with Crippen molar-refractivity contribution >= 4 is 11.9 Å². The van der Waals surface area contributed by atoms with E-state index in [0.29, 0.717) is 25.4 Å². The van der Waals surface area contributed by atoms with Gasteiger partial charge in [0.25, 0.3) is 0 Å². The molecule has 0 radical (unpaired) electrons.